The van der Waals surface area contributed by atoms with Crippen LogP contribution in [0.3, 0.4) is 0 Å². The number of halogens is 1. The van der Waals surface area contributed by atoms with E-state index in [4.69, 9.17) is 10.3 Å². The number of furan rings is 1. The zero-order chi connectivity index (χ0) is 9.26. The molecule has 0 amide bonds. The number of aliphatic imine (C=N–C) groups is 1. The molecule has 0 bridgehead atoms. The van der Waals surface area contributed by atoms with Gasteiger partial charge in [-0.05, 0) is 28.8 Å². The van der Waals surface area contributed by atoms with Crippen molar-refractivity contribution < 1.29 is 4.42 Å². The first-order valence-electron chi connectivity index (χ1n) is 4.08. The Hall–Kier alpha value is -0.810. The minimum absolute atomic E-state index is 0.444. The van der Waals surface area contributed by atoms with Gasteiger partial charge in [0.2, 0.25) is 0 Å². The van der Waals surface area contributed by atoms with Crippen LogP contribution in [-0.4, -0.2) is 11.9 Å². The summed E-state index contributed by atoms with van der Waals surface area (Å²) in [6.45, 7) is 0. The lowest BCUT2D eigenvalue weighted by atomic mass is 10.3. The SMILES string of the molecule is NNC(=NC1CC1)c1coc(Br)c1. The third-order valence-electron chi connectivity index (χ3n) is 1.84. The summed E-state index contributed by atoms with van der Waals surface area (Å²) >= 11 is 3.22. The van der Waals surface area contributed by atoms with Crippen molar-refractivity contribution >= 4 is 21.8 Å². The van der Waals surface area contributed by atoms with E-state index in [1.54, 1.807) is 6.26 Å². The molecule has 1 aliphatic carbocycles. The normalized spacial score (nSPS) is 17.5. The largest absolute Gasteiger partial charge is 0.457 e. The molecule has 70 valence electrons. The Morgan fingerprint density at radius 3 is 2.92 bits per heavy atom. The number of nitrogens with one attached hydrogen (secondary N) is 1. The number of hydrogen-bond acceptors (Lipinski definition) is 3. The molecule has 0 saturated heterocycles. The van der Waals surface area contributed by atoms with Gasteiger partial charge in [0.1, 0.15) is 12.1 Å². The van der Waals surface area contributed by atoms with Gasteiger partial charge in [-0.2, -0.15) is 0 Å². The van der Waals surface area contributed by atoms with Crippen molar-refractivity contribution in [2.75, 3.05) is 0 Å². The smallest absolute Gasteiger partial charge is 0.169 e. The summed E-state index contributed by atoms with van der Waals surface area (Å²) in [5.41, 5.74) is 3.45. The van der Waals surface area contributed by atoms with Crippen LogP contribution in [0.5, 0.6) is 0 Å². The van der Waals surface area contributed by atoms with Gasteiger partial charge in [0.25, 0.3) is 0 Å². The molecule has 0 aromatic carbocycles. The van der Waals surface area contributed by atoms with Crippen molar-refractivity contribution in [3.63, 3.8) is 0 Å². The Morgan fingerprint density at radius 1 is 1.69 bits per heavy atom. The molecule has 1 aromatic rings. The Labute approximate surface area is 84.3 Å². The van der Waals surface area contributed by atoms with Gasteiger partial charge in [0, 0.05) is 6.07 Å². The van der Waals surface area contributed by atoms with Gasteiger partial charge < -0.3 is 9.84 Å². The summed E-state index contributed by atoms with van der Waals surface area (Å²) in [7, 11) is 0. The van der Waals surface area contributed by atoms with Crippen molar-refractivity contribution in [2.24, 2.45) is 10.8 Å². The average molecular weight is 244 g/mol. The van der Waals surface area contributed by atoms with Crippen molar-refractivity contribution in [1.82, 2.24) is 5.43 Å². The number of hydrazine groups is 1. The lowest BCUT2D eigenvalue weighted by molar-refractivity contribution is 0.540. The fraction of sp³-hybridized carbons (Fsp3) is 0.375. The fourth-order valence-electron chi connectivity index (χ4n) is 1.02. The zero-order valence-corrected chi connectivity index (χ0v) is 8.54. The van der Waals surface area contributed by atoms with Gasteiger partial charge in [0.05, 0.1) is 11.6 Å². The molecule has 0 radical (unpaired) electrons. The Bertz CT molecular complexity index is 330. The molecule has 1 aliphatic rings. The van der Waals surface area contributed by atoms with Crippen LogP contribution in [0.25, 0.3) is 0 Å². The Balaban J connectivity index is 2.20. The molecule has 13 heavy (non-hydrogen) atoms. The molecule has 1 saturated carbocycles. The standard InChI is InChI=1S/C8H10BrN3O/c9-7-3-5(4-13-7)8(12-10)11-6-1-2-6/h3-4,6H,1-2,10H2,(H,11,12). The first-order valence-corrected chi connectivity index (χ1v) is 4.87. The third-order valence-corrected chi connectivity index (χ3v) is 2.25. The molecule has 1 heterocycles. The highest BCUT2D eigenvalue weighted by Gasteiger charge is 2.21. The highest BCUT2D eigenvalue weighted by atomic mass is 79.9. The lowest BCUT2D eigenvalue weighted by Crippen LogP contribution is -2.31. The lowest BCUT2D eigenvalue weighted by Gasteiger charge is -2.00. The van der Waals surface area contributed by atoms with E-state index in [9.17, 15) is 0 Å². The molecule has 0 aliphatic heterocycles. The molecule has 1 fully saturated rings. The molecular weight excluding hydrogens is 234 g/mol. The Morgan fingerprint density at radius 2 is 2.46 bits per heavy atom. The summed E-state index contributed by atoms with van der Waals surface area (Å²) in [4.78, 5) is 4.39. The first-order chi connectivity index (χ1) is 6.29. The van der Waals surface area contributed by atoms with Crippen molar-refractivity contribution in [2.45, 2.75) is 18.9 Å². The van der Waals surface area contributed by atoms with Crippen molar-refractivity contribution in [1.29, 1.82) is 0 Å². The van der Waals surface area contributed by atoms with Crippen LogP contribution in [0.2, 0.25) is 0 Å². The van der Waals surface area contributed by atoms with Gasteiger partial charge in [-0.1, -0.05) is 0 Å². The van der Waals surface area contributed by atoms with Crippen LogP contribution in [0.15, 0.2) is 26.4 Å². The van der Waals surface area contributed by atoms with Crippen LogP contribution in [0.1, 0.15) is 18.4 Å². The topological polar surface area (TPSA) is 63.5 Å². The Kier molecular flexibility index (Phi) is 2.37. The molecule has 0 unspecified atom stereocenters. The maximum atomic E-state index is 5.35. The number of nitrogens with zero attached hydrogens (tertiary/aromatic N) is 1. The second kappa shape index (κ2) is 3.51. The minimum atomic E-state index is 0.444. The highest BCUT2D eigenvalue weighted by molar-refractivity contribution is 9.10. The van der Waals surface area contributed by atoms with Gasteiger partial charge >= 0.3 is 0 Å². The van der Waals surface area contributed by atoms with E-state index >= 15 is 0 Å². The van der Waals surface area contributed by atoms with Gasteiger partial charge in [-0.25, -0.2) is 5.84 Å². The molecular formula is C8H10BrN3O. The minimum Gasteiger partial charge on any atom is -0.457 e. The van der Waals surface area contributed by atoms with Crippen molar-refractivity contribution in [3.8, 4) is 0 Å². The number of nitrogens with two attached hydrogens (primary N) is 1. The van der Waals surface area contributed by atoms with Crippen LogP contribution < -0.4 is 11.3 Å². The van der Waals surface area contributed by atoms with Gasteiger partial charge in [-0.3, -0.25) is 4.99 Å². The van der Waals surface area contributed by atoms with E-state index in [0.717, 1.165) is 18.4 Å². The summed E-state index contributed by atoms with van der Waals surface area (Å²) in [6, 6.07) is 2.28. The van der Waals surface area contributed by atoms with E-state index in [0.29, 0.717) is 16.5 Å². The summed E-state index contributed by atoms with van der Waals surface area (Å²) in [6.07, 6.45) is 3.93. The third kappa shape index (κ3) is 2.10. The molecule has 0 spiro atoms. The van der Waals surface area contributed by atoms with E-state index < -0.39 is 0 Å². The fourth-order valence-corrected chi connectivity index (χ4v) is 1.36. The van der Waals surface area contributed by atoms with Crippen LogP contribution >= 0.6 is 15.9 Å². The zero-order valence-electron chi connectivity index (χ0n) is 6.96. The van der Waals surface area contributed by atoms with E-state index in [1.165, 1.54) is 0 Å². The van der Waals surface area contributed by atoms with Gasteiger partial charge in [0.15, 0.2) is 4.67 Å². The monoisotopic (exact) mass is 243 g/mol. The van der Waals surface area contributed by atoms with E-state index in [-0.39, 0.29) is 0 Å². The maximum absolute atomic E-state index is 5.35. The summed E-state index contributed by atoms with van der Waals surface area (Å²) in [5, 5.41) is 0. The highest BCUT2D eigenvalue weighted by Crippen LogP contribution is 2.24. The maximum Gasteiger partial charge on any atom is 0.169 e. The number of rotatable bonds is 2. The van der Waals surface area contributed by atoms with Crippen molar-refractivity contribution in [3.05, 3.63) is 22.6 Å². The predicted octanol–water partition coefficient (Wildman–Crippen LogP) is 1.41. The molecule has 3 N–H and O–H groups in total. The van der Waals surface area contributed by atoms with Crippen LogP contribution in [0, 0.1) is 0 Å². The second-order valence-electron chi connectivity index (χ2n) is 2.99. The first kappa shape index (κ1) is 8.77. The molecule has 4 nitrogen and oxygen atoms in total. The summed E-state index contributed by atoms with van der Waals surface area (Å²) in [5.74, 6) is 6.04. The van der Waals surface area contributed by atoms with E-state index in [2.05, 4.69) is 26.3 Å². The number of amidine groups is 1. The molecule has 0 atom stereocenters. The number of hydrogen-bond donors (Lipinski definition) is 2. The quantitative estimate of drug-likeness (QED) is 0.358. The second-order valence-corrected chi connectivity index (χ2v) is 3.77. The van der Waals surface area contributed by atoms with Crippen LogP contribution in [-0.2, 0) is 0 Å². The summed E-state index contributed by atoms with van der Waals surface area (Å²) < 4.78 is 5.77. The van der Waals surface area contributed by atoms with E-state index in [1.807, 2.05) is 6.07 Å². The molecule has 5 heteroatoms. The molecule has 2 rings (SSSR count). The predicted molar refractivity (Wildman–Crippen MR) is 53.3 cm³/mol. The van der Waals surface area contributed by atoms with Crippen LogP contribution in [0.4, 0.5) is 0 Å². The molecule has 1 aromatic heterocycles. The van der Waals surface area contributed by atoms with Gasteiger partial charge in [-0.15, -0.1) is 0 Å². The average Bonchev–Trinajstić information content (AvgIpc) is 2.84.